The zero-order valence-corrected chi connectivity index (χ0v) is 19.1. The molecule has 0 bridgehead atoms. The summed E-state index contributed by atoms with van der Waals surface area (Å²) in [6, 6.07) is 34.0. The molecule has 0 heterocycles. The lowest BCUT2D eigenvalue weighted by molar-refractivity contribution is 0.0528. The average Bonchev–Trinajstić information content (AvgIpc) is 2.85. The van der Waals surface area contributed by atoms with E-state index in [9.17, 15) is 10.2 Å². The van der Waals surface area contributed by atoms with Crippen molar-refractivity contribution in [2.24, 2.45) is 4.99 Å². The first-order valence-corrected chi connectivity index (χ1v) is 11.3. The monoisotopic (exact) mass is 485 g/mol. The molecule has 160 valence electrons. The van der Waals surface area contributed by atoms with Crippen LogP contribution in [0.25, 0.3) is 0 Å². The van der Waals surface area contributed by atoms with E-state index in [0.717, 1.165) is 21.2 Å². The minimum atomic E-state index is -1.36. The van der Waals surface area contributed by atoms with E-state index in [1.807, 2.05) is 97.1 Å². The Morgan fingerprint density at radius 3 is 1.88 bits per heavy atom. The fourth-order valence-corrected chi connectivity index (χ4v) is 4.26. The minimum Gasteiger partial charge on any atom is -0.507 e. The predicted molar refractivity (Wildman–Crippen MR) is 133 cm³/mol. The van der Waals surface area contributed by atoms with E-state index in [1.165, 1.54) is 0 Å². The topological polar surface area (TPSA) is 52.8 Å². The third kappa shape index (κ3) is 4.82. The third-order valence-corrected chi connectivity index (χ3v) is 6.06. The Hall–Kier alpha value is -3.21. The van der Waals surface area contributed by atoms with Gasteiger partial charge in [0, 0.05) is 16.3 Å². The van der Waals surface area contributed by atoms with Gasteiger partial charge in [-0.25, -0.2) is 0 Å². The highest BCUT2D eigenvalue weighted by atomic mass is 79.9. The van der Waals surface area contributed by atoms with Gasteiger partial charge in [-0.15, -0.1) is 0 Å². The number of aromatic hydroxyl groups is 1. The number of aliphatic hydroxyl groups is 1. The molecular formula is C28H24BrNO2. The Morgan fingerprint density at radius 1 is 0.781 bits per heavy atom. The Bertz CT molecular complexity index is 1140. The van der Waals surface area contributed by atoms with Crippen LogP contribution in [-0.2, 0) is 12.0 Å². The van der Waals surface area contributed by atoms with Gasteiger partial charge in [-0.2, -0.15) is 0 Å². The molecule has 3 nitrogen and oxygen atoms in total. The van der Waals surface area contributed by atoms with Gasteiger partial charge in [0.05, 0.1) is 6.04 Å². The molecule has 4 aromatic carbocycles. The second kappa shape index (κ2) is 9.94. The zero-order chi connectivity index (χ0) is 22.4. The maximum absolute atomic E-state index is 12.3. The van der Waals surface area contributed by atoms with Crippen molar-refractivity contribution in [3.8, 4) is 5.75 Å². The molecule has 0 aromatic heterocycles. The van der Waals surface area contributed by atoms with Crippen LogP contribution >= 0.6 is 15.9 Å². The van der Waals surface area contributed by atoms with Crippen molar-refractivity contribution in [2.75, 3.05) is 0 Å². The van der Waals surface area contributed by atoms with E-state index in [4.69, 9.17) is 4.99 Å². The van der Waals surface area contributed by atoms with Gasteiger partial charge >= 0.3 is 0 Å². The fraction of sp³-hybridized carbons (Fsp3) is 0.107. The van der Waals surface area contributed by atoms with Crippen LogP contribution in [0.15, 0.2) is 119 Å². The predicted octanol–water partition coefficient (Wildman–Crippen LogP) is 6.12. The van der Waals surface area contributed by atoms with E-state index in [0.29, 0.717) is 12.0 Å². The molecule has 0 spiro atoms. The molecule has 4 aromatic rings. The SMILES string of the molecule is Oc1ccc(Br)cc1C=N[C@@H](Cc1ccccc1)C(O)(c1ccccc1)c1ccccc1. The molecule has 4 rings (SSSR count). The second-order valence-corrected chi connectivity index (χ2v) is 8.60. The first kappa shape index (κ1) is 22.0. The highest BCUT2D eigenvalue weighted by Gasteiger charge is 2.40. The fourth-order valence-electron chi connectivity index (χ4n) is 3.88. The molecule has 0 radical (unpaired) electrons. The second-order valence-electron chi connectivity index (χ2n) is 7.69. The molecule has 1 atom stereocenters. The minimum absolute atomic E-state index is 0.137. The maximum Gasteiger partial charge on any atom is 0.137 e. The quantitative estimate of drug-likeness (QED) is 0.309. The smallest absolute Gasteiger partial charge is 0.137 e. The van der Waals surface area contributed by atoms with Gasteiger partial charge in [-0.1, -0.05) is 107 Å². The number of nitrogens with zero attached hydrogens (tertiary/aromatic N) is 1. The van der Waals surface area contributed by atoms with Crippen LogP contribution in [0.3, 0.4) is 0 Å². The summed E-state index contributed by atoms with van der Waals surface area (Å²) in [6.07, 6.45) is 2.16. The molecule has 4 heteroatoms. The normalized spacial score (nSPS) is 12.7. The third-order valence-electron chi connectivity index (χ3n) is 5.57. The Kier molecular flexibility index (Phi) is 6.84. The lowest BCUT2D eigenvalue weighted by atomic mass is 9.78. The number of aliphatic imine (C=N–C) groups is 1. The summed E-state index contributed by atoms with van der Waals surface area (Å²) in [6.45, 7) is 0. The summed E-state index contributed by atoms with van der Waals surface area (Å²) < 4.78 is 0.845. The standard InChI is InChI=1S/C28H24BrNO2/c29-25-16-17-26(31)22(19-25)20-30-27(18-21-10-4-1-5-11-21)28(32,23-12-6-2-7-13-23)24-14-8-3-9-15-24/h1-17,19-20,27,31-32H,18H2/t27-/m0/s1. The molecular weight excluding hydrogens is 462 g/mol. The van der Waals surface area contributed by atoms with Crippen molar-refractivity contribution in [2.45, 2.75) is 18.1 Å². The van der Waals surface area contributed by atoms with Crippen LogP contribution in [0.2, 0.25) is 0 Å². The van der Waals surface area contributed by atoms with Gasteiger partial charge in [-0.3, -0.25) is 4.99 Å². The van der Waals surface area contributed by atoms with Crippen molar-refractivity contribution in [1.82, 2.24) is 0 Å². The Labute approximate surface area is 196 Å². The number of rotatable bonds is 7. The molecule has 0 aliphatic carbocycles. The average molecular weight is 486 g/mol. The molecule has 0 unspecified atom stereocenters. The Morgan fingerprint density at radius 2 is 1.31 bits per heavy atom. The van der Waals surface area contributed by atoms with Crippen LogP contribution in [0.1, 0.15) is 22.3 Å². The number of benzene rings is 4. The van der Waals surface area contributed by atoms with Crippen molar-refractivity contribution in [3.05, 3.63) is 136 Å². The maximum atomic E-state index is 12.3. The van der Waals surface area contributed by atoms with Crippen molar-refractivity contribution in [1.29, 1.82) is 0 Å². The summed E-state index contributed by atoms with van der Waals surface area (Å²) >= 11 is 3.45. The van der Waals surface area contributed by atoms with Crippen molar-refractivity contribution < 1.29 is 10.2 Å². The molecule has 2 N–H and O–H groups in total. The van der Waals surface area contributed by atoms with Crippen LogP contribution < -0.4 is 0 Å². The summed E-state index contributed by atoms with van der Waals surface area (Å²) in [5.74, 6) is 0.137. The van der Waals surface area contributed by atoms with Crippen molar-refractivity contribution in [3.63, 3.8) is 0 Å². The van der Waals surface area contributed by atoms with E-state index in [-0.39, 0.29) is 5.75 Å². The number of phenols is 1. The highest BCUT2D eigenvalue weighted by Crippen LogP contribution is 2.36. The van der Waals surface area contributed by atoms with Gasteiger partial charge in [0.2, 0.25) is 0 Å². The summed E-state index contributed by atoms with van der Waals surface area (Å²) in [4.78, 5) is 4.86. The van der Waals surface area contributed by atoms with Crippen LogP contribution in [0, 0.1) is 0 Å². The van der Waals surface area contributed by atoms with Crippen LogP contribution in [0.4, 0.5) is 0 Å². The first-order chi connectivity index (χ1) is 15.6. The van der Waals surface area contributed by atoms with Crippen LogP contribution in [0.5, 0.6) is 5.75 Å². The zero-order valence-electron chi connectivity index (χ0n) is 17.5. The number of phenolic OH excluding ortho intramolecular Hbond substituents is 1. The largest absolute Gasteiger partial charge is 0.507 e. The molecule has 0 amide bonds. The van der Waals surface area contributed by atoms with E-state index in [2.05, 4.69) is 15.9 Å². The number of halogens is 1. The number of hydrogen-bond donors (Lipinski definition) is 2. The van der Waals surface area contributed by atoms with E-state index >= 15 is 0 Å². The van der Waals surface area contributed by atoms with Gasteiger partial charge in [0.1, 0.15) is 11.4 Å². The summed E-state index contributed by atoms with van der Waals surface area (Å²) in [5.41, 5.74) is 1.82. The van der Waals surface area contributed by atoms with Gasteiger partial charge in [0.15, 0.2) is 0 Å². The van der Waals surface area contributed by atoms with Crippen molar-refractivity contribution >= 4 is 22.1 Å². The lowest BCUT2D eigenvalue weighted by Crippen LogP contribution is -2.41. The summed E-state index contributed by atoms with van der Waals surface area (Å²) in [7, 11) is 0. The van der Waals surface area contributed by atoms with Crippen LogP contribution in [-0.4, -0.2) is 22.5 Å². The van der Waals surface area contributed by atoms with E-state index < -0.39 is 11.6 Å². The number of hydrogen-bond acceptors (Lipinski definition) is 3. The highest BCUT2D eigenvalue weighted by molar-refractivity contribution is 9.10. The first-order valence-electron chi connectivity index (χ1n) is 10.5. The molecule has 0 saturated carbocycles. The van der Waals surface area contributed by atoms with Gasteiger partial charge in [-0.05, 0) is 41.3 Å². The molecule has 32 heavy (non-hydrogen) atoms. The molecule has 0 fully saturated rings. The van der Waals surface area contributed by atoms with E-state index in [1.54, 1.807) is 18.3 Å². The molecule has 0 saturated heterocycles. The Balaban J connectivity index is 1.85. The summed E-state index contributed by atoms with van der Waals surface area (Å²) in [5, 5.41) is 22.6. The van der Waals surface area contributed by atoms with Gasteiger partial charge < -0.3 is 10.2 Å². The molecule has 0 aliphatic heterocycles. The van der Waals surface area contributed by atoms with Gasteiger partial charge in [0.25, 0.3) is 0 Å². The lowest BCUT2D eigenvalue weighted by Gasteiger charge is -2.35. The molecule has 0 aliphatic rings.